The van der Waals surface area contributed by atoms with Crippen molar-refractivity contribution in [3.05, 3.63) is 22.7 Å². The molecule has 0 aromatic carbocycles. The van der Waals surface area contributed by atoms with Crippen LogP contribution >= 0.6 is 15.9 Å². The van der Waals surface area contributed by atoms with E-state index in [1.807, 2.05) is 6.20 Å². The number of nitrogens with zero attached hydrogens (tertiary/aromatic N) is 3. The highest BCUT2D eigenvalue weighted by Gasteiger charge is 2.19. The summed E-state index contributed by atoms with van der Waals surface area (Å²) in [5.74, 6) is 0.564. The fourth-order valence-corrected chi connectivity index (χ4v) is 2.15. The number of aromatic nitrogens is 2. The summed E-state index contributed by atoms with van der Waals surface area (Å²) in [6, 6.07) is 0. The van der Waals surface area contributed by atoms with Crippen molar-refractivity contribution in [2.45, 2.75) is 18.8 Å². The fraction of sp³-hybridized carbons (Fsp3) is 0.600. The number of rotatable bonds is 1. The number of piperidine rings is 1. The van der Waals surface area contributed by atoms with Crippen LogP contribution < -0.4 is 0 Å². The third-order valence-electron chi connectivity index (χ3n) is 2.68. The molecule has 0 saturated carbocycles. The van der Waals surface area contributed by atoms with Crippen molar-refractivity contribution in [3.8, 4) is 0 Å². The van der Waals surface area contributed by atoms with Gasteiger partial charge in [-0.05, 0) is 42.4 Å². The van der Waals surface area contributed by atoms with Crippen LogP contribution in [0, 0.1) is 0 Å². The first-order chi connectivity index (χ1) is 6.75. The van der Waals surface area contributed by atoms with Crippen molar-refractivity contribution in [2.24, 2.45) is 0 Å². The van der Waals surface area contributed by atoms with Crippen LogP contribution in [0.5, 0.6) is 0 Å². The van der Waals surface area contributed by atoms with Gasteiger partial charge >= 0.3 is 0 Å². The molecule has 0 aliphatic carbocycles. The first-order valence-corrected chi connectivity index (χ1v) is 5.71. The smallest absolute Gasteiger partial charge is 0.124 e. The second-order valence-electron chi connectivity index (χ2n) is 3.87. The molecule has 76 valence electrons. The molecular formula is C10H14BrN3. The molecule has 0 N–H and O–H groups in total. The summed E-state index contributed by atoms with van der Waals surface area (Å²) in [6.07, 6.45) is 6.16. The van der Waals surface area contributed by atoms with Crippen LogP contribution in [0.15, 0.2) is 17.0 Å². The molecule has 2 heterocycles. The summed E-state index contributed by atoms with van der Waals surface area (Å²) in [5, 5.41) is 0. The second kappa shape index (κ2) is 4.36. The van der Waals surface area contributed by atoms with Gasteiger partial charge in [0.05, 0.1) is 18.1 Å². The molecule has 0 spiro atoms. The summed E-state index contributed by atoms with van der Waals surface area (Å²) in [4.78, 5) is 11.0. The summed E-state index contributed by atoms with van der Waals surface area (Å²) < 4.78 is 0.811. The maximum Gasteiger partial charge on any atom is 0.124 e. The van der Waals surface area contributed by atoms with Crippen LogP contribution in [0.4, 0.5) is 0 Å². The average molecular weight is 256 g/mol. The minimum atomic E-state index is 0.564. The number of likely N-dealkylation sites (tertiary alicyclic amines) is 1. The molecule has 1 aromatic rings. The quantitative estimate of drug-likeness (QED) is 0.770. The van der Waals surface area contributed by atoms with Gasteiger partial charge in [0, 0.05) is 12.5 Å². The van der Waals surface area contributed by atoms with Gasteiger partial charge in [-0.2, -0.15) is 0 Å². The zero-order chi connectivity index (χ0) is 9.97. The van der Waals surface area contributed by atoms with Gasteiger partial charge in [0.2, 0.25) is 0 Å². The molecular weight excluding hydrogens is 242 g/mol. The van der Waals surface area contributed by atoms with Crippen molar-refractivity contribution in [1.82, 2.24) is 14.9 Å². The van der Waals surface area contributed by atoms with Crippen LogP contribution in [-0.4, -0.2) is 35.0 Å². The van der Waals surface area contributed by atoms with Crippen molar-refractivity contribution >= 4 is 15.9 Å². The molecule has 0 radical (unpaired) electrons. The molecule has 4 heteroatoms. The lowest BCUT2D eigenvalue weighted by molar-refractivity contribution is 0.248. The molecule has 1 aliphatic heterocycles. The lowest BCUT2D eigenvalue weighted by Crippen LogP contribution is -2.31. The van der Waals surface area contributed by atoms with Crippen LogP contribution in [0.2, 0.25) is 0 Å². The highest BCUT2D eigenvalue weighted by molar-refractivity contribution is 9.10. The Morgan fingerprint density at radius 2 is 2.29 bits per heavy atom. The van der Waals surface area contributed by atoms with Crippen LogP contribution in [0.3, 0.4) is 0 Å². The van der Waals surface area contributed by atoms with E-state index in [0.717, 1.165) is 16.8 Å². The molecule has 1 fully saturated rings. The number of hydrogen-bond donors (Lipinski definition) is 0. The molecule has 3 nitrogen and oxygen atoms in total. The molecule has 0 unspecified atom stereocenters. The van der Waals surface area contributed by atoms with E-state index in [-0.39, 0.29) is 0 Å². The molecule has 0 amide bonds. The summed E-state index contributed by atoms with van der Waals surface area (Å²) >= 11 is 3.30. The lowest BCUT2D eigenvalue weighted by Gasteiger charge is -2.28. The molecule has 2 rings (SSSR count). The van der Waals surface area contributed by atoms with Gasteiger partial charge in [0.15, 0.2) is 0 Å². The van der Waals surface area contributed by atoms with E-state index in [4.69, 9.17) is 0 Å². The van der Waals surface area contributed by atoms with E-state index < -0.39 is 0 Å². The Hall–Kier alpha value is -0.480. The van der Waals surface area contributed by atoms with Crippen LogP contribution in [0.25, 0.3) is 0 Å². The normalized spacial score (nSPS) is 23.7. The highest BCUT2D eigenvalue weighted by atomic mass is 79.9. The van der Waals surface area contributed by atoms with Gasteiger partial charge in [-0.1, -0.05) is 0 Å². The van der Waals surface area contributed by atoms with Crippen molar-refractivity contribution in [3.63, 3.8) is 0 Å². The Bertz CT molecular complexity index is 299. The van der Waals surface area contributed by atoms with E-state index in [1.165, 1.54) is 19.4 Å². The largest absolute Gasteiger partial charge is 0.306 e. The van der Waals surface area contributed by atoms with E-state index in [9.17, 15) is 0 Å². The zero-order valence-electron chi connectivity index (χ0n) is 8.28. The van der Waals surface area contributed by atoms with E-state index in [0.29, 0.717) is 5.92 Å². The standard InChI is InChI=1S/C10H14BrN3/c1-14-4-2-3-8(7-14)9-5-13-10(11)6-12-9/h5-6,8H,2-4,7H2,1H3/t8-/m1/s1. The van der Waals surface area contributed by atoms with Crippen molar-refractivity contribution in [1.29, 1.82) is 0 Å². The van der Waals surface area contributed by atoms with Crippen molar-refractivity contribution < 1.29 is 0 Å². The summed E-state index contributed by atoms with van der Waals surface area (Å²) in [5.41, 5.74) is 1.12. The number of likely N-dealkylation sites (N-methyl/N-ethyl adjacent to an activating group) is 1. The molecule has 1 atom stereocenters. The Balaban J connectivity index is 2.10. The monoisotopic (exact) mass is 255 g/mol. The van der Waals surface area contributed by atoms with Gasteiger partial charge in [0.1, 0.15) is 4.60 Å². The minimum Gasteiger partial charge on any atom is -0.306 e. The number of halogens is 1. The maximum atomic E-state index is 4.40. The Morgan fingerprint density at radius 1 is 1.43 bits per heavy atom. The highest BCUT2D eigenvalue weighted by Crippen LogP contribution is 2.24. The van der Waals surface area contributed by atoms with Gasteiger partial charge < -0.3 is 4.90 Å². The predicted molar refractivity (Wildman–Crippen MR) is 59.2 cm³/mol. The third-order valence-corrected chi connectivity index (χ3v) is 3.09. The maximum absolute atomic E-state index is 4.40. The fourth-order valence-electron chi connectivity index (χ4n) is 1.94. The Morgan fingerprint density at radius 3 is 2.93 bits per heavy atom. The molecule has 0 bridgehead atoms. The predicted octanol–water partition coefficient (Wildman–Crippen LogP) is 2.05. The first-order valence-electron chi connectivity index (χ1n) is 4.91. The molecule has 1 aliphatic rings. The lowest BCUT2D eigenvalue weighted by atomic mass is 9.95. The van der Waals surface area contributed by atoms with Gasteiger partial charge in [-0.15, -0.1) is 0 Å². The second-order valence-corrected chi connectivity index (χ2v) is 4.68. The average Bonchev–Trinajstić information content (AvgIpc) is 2.19. The zero-order valence-corrected chi connectivity index (χ0v) is 9.87. The molecule has 14 heavy (non-hydrogen) atoms. The third kappa shape index (κ3) is 2.30. The SMILES string of the molecule is CN1CCC[C@@H](c2cnc(Br)cn2)C1. The minimum absolute atomic E-state index is 0.564. The van der Waals surface area contributed by atoms with Gasteiger partial charge in [0.25, 0.3) is 0 Å². The molecule has 1 aromatic heterocycles. The van der Waals surface area contributed by atoms with Gasteiger partial charge in [-0.3, -0.25) is 4.98 Å². The van der Waals surface area contributed by atoms with Gasteiger partial charge in [-0.25, -0.2) is 4.98 Å². The Labute approximate surface area is 92.7 Å². The summed E-state index contributed by atoms with van der Waals surface area (Å²) in [6.45, 7) is 2.32. The van der Waals surface area contributed by atoms with Crippen molar-refractivity contribution in [2.75, 3.05) is 20.1 Å². The summed E-state index contributed by atoms with van der Waals surface area (Å²) in [7, 11) is 2.17. The number of hydrogen-bond acceptors (Lipinski definition) is 3. The van der Waals surface area contributed by atoms with E-state index in [1.54, 1.807) is 6.20 Å². The topological polar surface area (TPSA) is 29.0 Å². The Kier molecular flexibility index (Phi) is 3.13. The van der Waals surface area contributed by atoms with Crippen LogP contribution in [0.1, 0.15) is 24.5 Å². The first kappa shape index (κ1) is 10.1. The van der Waals surface area contributed by atoms with E-state index in [2.05, 4.69) is 37.8 Å². The molecule has 1 saturated heterocycles. The van der Waals surface area contributed by atoms with Crippen LogP contribution in [-0.2, 0) is 0 Å². The van der Waals surface area contributed by atoms with E-state index >= 15 is 0 Å².